The molecule has 0 radical (unpaired) electrons. The van der Waals surface area contributed by atoms with E-state index in [-0.39, 0.29) is 0 Å². The summed E-state index contributed by atoms with van der Waals surface area (Å²) in [6, 6.07) is 0.776. The van der Waals surface area contributed by atoms with Crippen LogP contribution in [0.2, 0.25) is 0 Å². The van der Waals surface area contributed by atoms with Gasteiger partial charge in [0.25, 0.3) is 0 Å². The van der Waals surface area contributed by atoms with Gasteiger partial charge >= 0.3 is 0 Å². The first kappa shape index (κ1) is 10.5. The predicted molar refractivity (Wildman–Crippen MR) is 61.4 cm³/mol. The van der Waals surface area contributed by atoms with E-state index in [4.69, 9.17) is 0 Å². The van der Waals surface area contributed by atoms with E-state index in [0.29, 0.717) is 0 Å². The maximum Gasteiger partial charge on any atom is 0.00671 e. The highest BCUT2D eigenvalue weighted by molar-refractivity contribution is 4.79. The molecule has 0 bridgehead atoms. The molecule has 1 N–H and O–H groups in total. The van der Waals surface area contributed by atoms with Crippen molar-refractivity contribution in [3.8, 4) is 0 Å². The summed E-state index contributed by atoms with van der Waals surface area (Å²) in [4.78, 5) is 0. The van der Waals surface area contributed by atoms with E-state index in [1.165, 1.54) is 57.9 Å². The summed E-state index contributed by atoms with van der Waals surface area (Å²) in [5.41, 5.74) is 0. The third-order valence-corrected chi connectivity index (χ3v) is 4.31. The van der Waals surface area contributed by atoms with Gasteiger partial charge in [0.15, 0.2) is 0 Å². The molecule has 82 valence electrons. The lowest BCUT2D eigenvalue weighted by Gasteiger charge is -2.22. The van der Waals surface area contributed by atoms with Crippen LogP contribution in [-0.4, -0.2) is 12.6 Å². The van der Waals surface area contributed by atoms with Gasteiger partial charge in [0.1, 0.15) is 0 Å². The normalized spacial score (nSPS) is 27.2. The molecule has 2 aliphatic rings. The molecule has 1 unspecified atom stereocenters. The monoisotopic (exact) mass is 195 g/mol. The number of nitrogens with one attached hydrogen (secondary N) is 1. The maximum absolute atomic E-state index is 3.77. The Labute approximate surface area is 88.7 Å². The molecule has 0 aromatic rings. The second kappa shape index (κ2) is 5.16. The Morgan fingerprint density at radius 2 is 1.57 bits per heavy atom. The van der Waals surface area contributed by atoms with Crippen molar-refractivity contribution in [3.05, 3.63) is 0 Å². The van der Waals surface area contributed by atoms with Crippen LogP contribution < -0.4 is 5.32 Å². The van der Waals surface area contributed by atoms with Gasteiger partial charge in [-0.1, -0.05) is 25.7 Å². The summed E-state index contributed by atoms with van der Waals surface area (Å²) in [5.74, 6) is 1.98. The average molecular weight is 195 g/mol. The Bertz CT molecular complexity index is 155. The van der Waals surface area contributed by atoms with E-state index >= 15 is 0 Å². The summed E-state index contributed by atoms with van der Waals surface area (Å²) in [5, 5.41) is 3.77. The average Bonchev–Trinajstić information content (AvgIpc) is 2.87. The Balaban J connectivity index is 1.63. The highest BCUT2D eigenvalue weighted by Crippen LogP contribution is 2.28. The zero-order valence-electron chi connectivity index (χ0n) is 9.60. The van der Waals surface area contributed by atoms with E-state index in [1.54, 1.807) is 0 Å². The second-order valence-electron chi connectivity index (χ2n) is 5.39. The molecule has 1 atom stereocenters. The molecule has 2 aliphatic carbocycles. The molecule has 0 heterocycles. The Kier molecular flexibility index (Phi) is 3.86. The van der Waals surface area contributed by atoms with Gasteiger partial charge in [-0.3, -0.25) is 0 Å². The van der Waals surface area contributed by atoms with Crippen molar-refractivity contribution >= 4 is 0 Å². The first-order chi connectivity index (χ1) is 6.86. The highest BCUT2D eigenvalue weighted by Gasteiger charge is 2.22. The van der Waals surface area contributed by atoms with Gasteiger partial charge in [-0.25, -0.2) is 0 Å². The lowest BCUT2D eigenvalue weighted by atomic mass is 9.99. The van der Waals surface area contributed by atoms with Crippen molar-refractivity contribution in [3.63, 3.8) is 0 Å². The molecule has 1 heteroatoms. The fourth-order valence-corrected chi connectivity index (χ4v) is 3.19. The molecule has 0 amide bonds. The summed E-state index contributed by atoms with van der Waals surface area (Å²) >= 11 is 0. The molecule has 2 fully saturated rings. The smallest absolute Gasteiger partial charge is 0.00671 e. The molecular formula is C13H25N. The van der Waals surface area contributed by atoms with Gasteiger partial charge < -0.3 is 5.32 Å². The van der Waals surface area contributed by atoms with Gasteiger partial charge in [0.05, 0.1) is 0 Å². The Morgan fingerprint density at radius 1 is 1.00 bits per heavy atom. The molecule has 0 spiro atoms. The van der Waals surface area contributed by atoms with E-state index in [1.807, 2.05) is 0 Å². The molecule has 14 heavy (non-hydrogen) atoms. The molecule has 0 aliphatic heterocycles. The van der Waals surface area contributed by atoms with E-state index in [2.05, 4.69) is 12.2 Å². The summed E-state index contributed by atoms with van der Waals surface area (Å²) in [6.45, 7) is 3.68. The molecule has 0 saturated heterocycles. The maximum atomic E-state index is 3.77. The second-order valence-corrected chi connectivity index (χ2v) is 5.39. The zero-order chi connectivity index (χ0) is 9.80. The lowest BCUT2D eigenvalue weighted by molar-refractivity contribution is 0.353. The van der Waals surface area contributed by atoms with Crippen molar-refractivity contribution in [2.45, 2.75) is 64.3 Å². The summed E-state index contributed by atoms with van der Waals surface area (Å²) in [7, 11) is 0. The molecule has 2 saturated carbocycles. The third-order valence-electron chi connectivity index (χ3n) is 4.31. The van der Waals surface area contributed by atoms with Crippen LogP contribution in [0.25, 0.3) is 0 Å². The van der Waals surface area contributed by atoms with E-state index in [0.717, 1.165) is 17.9 Å². The van der Waals surface area contributed by atoms with Crippen molar-refractivity contribution in [2.24, 2.45) is 11.8 Å². The minimum Gasteiger partial charge on any atom is -0.314 e. The highest BCUT2D eigenvalue weighted by atomic mass is 14.9. The largest absolute Gasteiger partial charge is 0.314 e. The number of hydrogen-bond acceptors (Lipinski definition) is 1. The van der Waals surface area contributed by atoms with Crippen LogP contribution in [-0.2, 0) is 0 Å². The van der Waals surface area contributed by atoms with Crippen LogP contribution in [0, 0.1) is 11.8 Å². The van der Waals surface area contributed by atoms with Crippen molar-refractivity contribution in [1.29, 1.82) is 0 Å². The standard InChI is InChI=1S/C13H25N/c1-11(13-8-4-5-9-13)14-10-12-6-2-3-7-12/h11-14H,2-10H2,1H3. The molecule has 0 aromatic heterocycles. The van der Waals surface area contributed by atoms with Crippen LogP contribution in [0.4, 0.5) is 0 Å². The summed E-state index contributed by atoms with van der Waals surface area (Å²) < 4.78 is 0. The molecule has 0 aromatic carbocycles. The molecule has 1 nitrogen and oxygen atoms in total. The minimum absolute atomic E-state index is 0.776. The SMILES string of the molecule is CC(NCC1CCCC1)C1CCCC1. The van der Waals surface area contributed by atoms with Gasteiger partial charge in [0, 0.05) is 6.04 Å². The lowest BCUT2D eigenvalue weighted by Crippen LogP contribution is -2.35. The predicted octanol–water partition coefficient (Wildman–Crippen LogP) is 3.34. The quantitative estimate of drug-likeness (QED) is 0.725. The number of rotatable bonds is 4. The van der Waals surface area contributed by atoms with Gasteiger partial charge in [-0.05, 0) is 51.0 Å². The Morgan fingerprint density at radius 3 is 2.21 bits per heavy atom. The van der Waals surface area contributed by atoms with Gasteiger partial charge in [-0.2, -0.15) is 0 Å². The van der Waals surface area contributed by atoms with Gasteiger partial charge in [-0.15, -0.1) is 0 Å². The van der Waals surface area contributed by atoms with Crippen LogP contribution in [0.5, 0.6) is 0 Å². The first-order valence-corrected chi connectivity index (χ1v) is 6.59. The van der Waals surface area contributed by atoms with Gasteiger partial charge in [0.2, 0.25) is 0 Å². The van der Waals surface area contributed by atoms with Crippen LogP contribution >= 0.6 is 0 Å². The van der Waals surface area contributed by atoms with Crippen molar-refractivity contribution < 1.29 is 0 Å². The fraction of sp³-hybridized carbons (Fsp3) is 1.00. The van der Waals surface area contributed by atoms with Crippen LogP contribution in [0.3, 0.4) is 0 Å². The third kappa shape index (κ3) is 2.73. The minimum atomic E-state index is 0.776. The van der Waals surface area contributed by atoms with E-state index in [9.17, 15) is 0 Å². The molecular weight excluding hydrogens is 170 g/mol. The van der Waals surface area contributed by atoms with E-state index < -0.39 is 0 Å². The van der Waals surface area contributed by atoms with Crippen molar-refractivity contribution in [1.82, 2.24) is 5.32 Å². The Hall–Kier alpha value is -0.0400. The zero-order valence-corrected chi connectivity index (χ0v) is 9.60. The first-order valence-electron chi connectivity index (χ1n) is 6.59. The number of hydrogen-bond donors (Lipinski definition) is 1. The topological polar surface area (TPSA) is 12.0 Å². The fourth-order valence-electron chi connectivity index (χ4n) is 3.19. The van der Waals surface area contributed by atoms with Crippen LogP contribution in [0.1, 0.15) is 58.3 Å². The summed E-state index contributed by atoms with van der Waals surface area (Å²) in [6.07, 6.45) is 11.8. The van der Waals surface area contributed by atoms with Crippen LogP contribution in [0.15, 0.2) is 0 Å². The van der Waals surface area contributed by atoms with Crippen molar-refractivity contribution in [2.75, 3.05) is 6.54 Å². The molecule has 2 rings (SSSR count).